The van der Waals surface area contributed by atoms with Crippen LogP contribution >= 0.6 is 34.8 Å². The second-order valence-electron chi connectivity index (χ2n) is 5.29. The van der Waals surface area contributed by atoms with Crippen LogP contribution in [0.1, 0.15) is 12.8 Å². The third-order valence-corrected chi connectivity index (χ3v) is 4.05. The first-order valence-electron chi connectivity index (χ1n) is 8.37. The zero-order valence-corrected chi connectivity index (χ0v) is 17.4. The molecule has 1 aromatic carbocycles. The molecule has 0 amide bonds. The molecular weight excluding hydrogens is 401 g/mol. The highest BCUT2D eigenvalue weighted by Crippen LogP contribution is 2.35. The van der Waals surface area contributed by atoms with E-state index < -0.39 is 0 Å². The summed E-state index contributed by atoms with van der Waals surface area (Å²) in [6.07, 6.45) is 1.96. The highest BCUT2D eigenvalue weighted by Gasteiger charge is 2.09. The monoisotopic (exact) mass is 425 g/mol. The van der Waals surface area contributed by atoms with Crippen molar-refractivity contribution in [1.29, 1.82) is 0 Å². The summed E-state index contributed by atoms with van der Waals surface area (Å²) in [4.78, 5) is 4.16. The van der Waals surface area contributed by atoms with Gasteiger partial charge in [0.15, 0.2) is 11.7 Å². The summed E-state index contributed by atoms with van der Waals surface area (Å²) in [5.74, 6) is 1.14. The molecule has 1 aromatic rings. The molecule has 0 bridgehead atoms. The first kappa shape index (κ1) is 23.1. The predicted molar refractivity (Wildman–Crippen MR) is 108 cm³/mol. The minimum atomic E-state index is 0.384. The Morgan fingerprint density at radius 3 is 2.31 bits per heavy atom. The fraction of sp³-hybridized carbons (Fsp3) is 0.588. The molecule has 0 aliphatic rings. The molecule has 0 aromatic heterocycles. The average molecular weight is 427 g/mol. The van der Waals surface area contributed by atoms with E-state index in [0.29, 0.717) is 53.1 Å². The largest absolute Gasteiger partial charge is 0.489 e. The lowest BCUT2D eigenvalue weighted by Crippen LogP contribution is -2.39. The summed E-state index contributed by atoms with van der Waals surface area (Å²) in [5.41, 5.74) is 0. The Morgan fingerprint density at radius 2 is 1.65 bits per heavy atom. The van der Waals surface area contributed by atoms with E-state index in [0.717, 1.165) is 26.0 Å². The summed E-state index contributed by atoms with van der Waals surface area (Å²) in [6, 6.07) is 3.19. The number of ether oxygens (including phenoxy) is 3. The number of nitrogens with zero attached hydrogens (tertiary/aromatic N) is 1. The Labute approximate surface area is 170 Å². The predicted octanol–water partition coefficient (Wildman–Crippen LogP) is 3.63. The van der Waals surface area contributed by atoms with E-state index >= 15 is 0 Å². The number of aliphatic imine (C=N–C) groups is 1. The molecule has 26 heavy (non-hydrogen) atoms. The van der Waals surface area contributed by atoms with Gasteiger partial charge in [-0.25, -0.2) is 0 Å². The van der Waals surface area contributed by atoms with E-state index in [1.54, 1.807) is 26.3 Å². The summed E-state index contributed by atoms with van der Waals surface area (Å²) in [6.45, 7) is 3.73. The number of nitrogens with one attached hydrogen (secondary N) is 2. The van der Waals surface area contributed by atoms with Crippen LogP contribution in [0.5, 0.6) is 5.75 Å². The SMILES string of the molecule is CN=C(NCCCCOCCOC)NCCOc1c(Cl)cc(Cl)cc1Cl. The van der Waals surface area contributed by atoms with Crippen LogP contribution in [0, 0.1) is 0 Å². The number of halogens is 3. The Bertz CT molecular complexity index is 536. The molecule has 2 N–H and O–H groups in total. The first-order valence-corrected chi connectivity index (χ1v) is 9.50. The van der Waals surface area contributed by atoms with Crippen LogP contribution in [0.15, 0.2) is 17.1 Å². The molecule has 1 rings (SSSR count). The molecule has 9 heteroatoms. The lowest BCUT2D eigenvalue weighted by Gasteiger charge is -2.14. The van der Waals surface area contributed by atoms with Crippen LogP contribution in [-0.2, 0) is 9.47 Å². The Hall–Kier alpha value is -0.920. The Morgan fingerprint density at radius 1 is 0.962 bits per heavy atom. The van der Waals surface area contributed by atoms with Crippen LogP contribution in [0.25, 0.3) is 0 Å². The molecule has 0 aliphatic heterocycles. The number of unbranched alkanes of at least 4 members (excludes halogenated alkanes) is 1. The quantitative estimate of drug-likeness (QED) is 0.303. The molecule has 0 saturated carbocycles. The van der Waals surface area contributed by atoms with Gasteiger partial charge in [-0.2, -0.15) is 0 Å². The number of guanidine groups is 1. The zero-order chi connectivity index (χ0) is 19.2. The molecule has 0 aliphatic carbocycles. The number of benzene rings is 1. The number of hydrogen-bond acceptors (Lipinski definition) is 4. The van der Waals surface area contributed by atoms with E-state index in [2.05, 4.69) is 15.6 Å². The molecule has 0 atom stereocenters. The van der Waals surface area contributed by atoms with E-state index in [1.807, 2.05) is 0 Å². The lowest BCUT2D eigenvalue weighted by molar-refractivity contribution is 0.0689. The second kappa shape index (κ2) is 14.2. The summed E-state index contributed by atoms with van der Waals surface area (Å²) in [5, 5.41) is 7.64. The molecule has 0 saturated heterocycles. The van der Waals surface area contributed by atoms with Gasteiger partial charge in [0.05, 0.1) is 29.8 Å². The Kier molecular flexibility index (Phi) is 12.6. The van der Waals surface area contributed by atoms with Gasteiger partial charge < -0.3 is 24.8 Å². The minimum Gasteiger partial charge on any atom is -0.489 e. The third-order valence-electron chi connectivity index (χ3n) is 3.27. The molecule has 148 valence electrons. The van der Waals surface area contributed by atoms with Crippen LogP contribution in [0.3, 0.4) is 0 Å². The van der Waals surface area contributed by atoms with Crippen LogP contribution < -0.4 is 15.4 Å². The number of methoxy groups -OCH3 is 1. The average Bonchev–Trinajstić information content (AvgIpc) is 2.60. The molecule has 0 radical (unpaired) electrons. The van der Waals surface area contributed by atoms with E-state index in [4.69, 9.17) is 49.0 Å². The maximum atomic E-state index is 6.07. The minimum absolute atomic E-state index is 0.384. The van der Waals surface area contributed by atoms with Gasteiger partial charge >= 0.3 is 0 Å². The maximum absolute atomic E-state index is 6.07. The second-order valence-corrected chi connectivity index (χ2v) is 6.54. The van der Waals surface area contributed by atoms with E-state index in [-0.39, 0.29) is 0 Å². The van der Waals surface area contributed by atoms with Gasteiger partial charge in [-0.3, -0.25) is 4.99 Å². The fourth-order valence-corrected chi connectivity index (χ4v) is 2.92. The van der Waals surface area contributed by atoms with Gasteiger partial charge in [-0.05, 0) is 25.0 Å². The van der Waals surface area contributed by atoms with Gasteiger partial charge in [0, 0.05) is 32.3 Å². The maximum Gasteiger partial charge on any atom is 0.191 e. The van der Waals surface area contributed by atoms with E-state index in [1.165, 1.54) is 0 Å². The zero-order valence-electron chi connectivity index (χ0n) is 15.1. The van der Waals surface area contributed by atoms with Crippen molar-refractivity contribution in [3.63, 3.8) is 0 Å². The Balaban J connectivity index is 2.15. The molecule has 0 spiro atoms. The highest BCUT2D eigenvalue weighted by molar-refractivity contribution is 6.40. The summed E-state index contributed by atoms with van der Waals surface area (Å²) >= 11 is 18.0. The summed E-state index contributed by atoms with van der Waals surface area (Å²) < 4.78 is 15.9. The van der Waals surface area contributed by atoms with Crippen molar-refractivity contribution in [1.82, 2.24) is 10.6 Å². The highest BCUT2D eigenvalue weighted by atomic mass is 35.5. The van der Waals surface area contributed by atoms with Crippen molar-refractivity contribution in [3.05, 3.63) is 27.2 Å². The molecule has 0 fully saturated rings. The van der Waals surface area contributed by atoms with Gasteiger partial charge in [0.1, 0.15) is 6.61 Å². The normalized spacial score (nSPS) is 11.5. The first-order chi connectivity index (χ1) is 12.6. The van der Waals surface area contributed by atoms with Gasteiger partial charge in [0.2, 0.25) is 0 Å². The van der Waals surface area contributed by atoms with Crippen LogP contribution in [-0.4, -0.2) is 59.6 Å². The topological polar surface area (TPSA) is 64.1 Å². The van der Waals surface area contributed by atoms with Crippen molar-refractivity contribution >= 4 is 40.8 Å². The lowest BCUT2D eigenvalue weighted by atomic mass is 10.3. The van der Waals surface area contributed by atoms with Gasteiger partial charge in [-0.15, -0.1) is 0 Å². The standard InChI is InChI=1S/C17H26Cl3N3O3/c1-21-17(22-5-3-4-7-25-10-9-24-2)23-6-8-26-16-14(19)11-13(18)12-15(16)20/h11-12H,3-10H2,1-2H3,(H2,21,22,23). The van der Waals surface area contributed by atoms with Crippen molar-refractivity contribution in [2.24, 2.45) is 4.99 Å². The van der Waals surface area contributed by atoms with Crippen molar-refractivity contribution in [2.45, 2.75) is 12.8 Å². The fourth-order valence-electron chi connectivity index (χ4n) is 1.99. The van der Waals surface area contributed by atoms with Gasteiger partial charge in [0.25, 0.3) is 0 Å². The number of hydrogen-bond donors (Lipinski definition) is 2. The van der Waals surface area contributed by atoms with E-state index in [9.17, 15) is 0 Å². The molecule has 0 heterocycles. The molecule has 0 unspecified atom stereocenters. The molecule has 6 nitrogen and oxygen atoms in total. The van der Waals surface area contributed by atoms with Gasteiger partial charge in [-0.1, -0.05) is 34.8 Å². The van der Waals surface area contributed by atoms with Crippen LogP contribution in [0.2, 0.25) is 15.1 Å². The number of rotatable bonds is 12. The molecular formula is C17H26Cl3N3O3. The summed E-state index contributed by atoms with van der Waals surface area (Å²) in [7, 11) is 3.38. The third kappa shape index (κ3) is 9.69. The van der Waals surface area contributed by atoms with Crippen LogP contribution in [0.4, 0.5) is 0 Å². The van der Waals surface area contributed by atoms with Crippen molar-refractivity contribution in [3.8, 4) is 5.75 Å². The van der Waals surface area contributed by atoms with Crippen molar-refractivity contribution in [2.75, 3.05) is 53.7 Å². The van der Waals surface area contributed by atoms with Crippen molar-refractivity contribution < 1.29 is 14.2 Å². The smallest absolute Gasteiger partial charge is 0.191 e.